The first-order valence-electron chi connectivity index (χ1n) is 4.85. The molecule has 0 aliphatic carbocycles. The molecule has 0 aliphatic rings. The number of hydrogen-bond donors (Lipinski definition) is 1. The number of hydrogen-bond acceptors (Lipinski definition) is 3. The molecule has 2 N–H and O–H groups in total. The van der Waals surface area contributed by atoms with Gasteiger partial charge in [0, 0.05) is 5.56 Å². The van der Waals surface area contributed by atoms with Gasteiger partial charge in [0.25, 0.3) is 5.92 Å². The van der Waals surface area contributed by atoms with Crippen LogP contribution in [0.25, 0.3) is 0 Å². The molecule has 0 unspecified atom stereocenters. The first-order valence-corrected chi connectivity index (χ1v) is 4.85. The minimum Gasteiger partial charge on any atom is -0.465 e. The Morgan fingerprint density at radius 1 is 1.44 bits per heavy atom. The molecule has 0 fully saturated rings. The zero-order chi connectivity index (χ0) is 12.2. The van der Waals surface area contributed by atoms with E-state index in [1.54, 1.807) is 6.07 Å². The number of alkyl halides is 2. The van der Waals surface area contributed by atoms with Crippen molar-refractivity contribution in [3.05, 3.63) is 35.9 Å². The van der Waals surface area contributed by atoms with Crippen molar-refractivity contribution in [2.24, 2.45) is 5.73 Å². The number of halogens is 2. The molecule has 1 aromatic carbocycles. The number of carbonyl (C=O) groups excluding carboxylic acids is 1. The third-order valence-corrected chi connectivity index (χ3v) is 2.09. The lowest BCUT2D eigenvalue weighted by Gasteiger charge is -2.22. The molecule has 5 heteroatoms. The van der Waals surface area contributed by atoms with Gasteiger partial charge in [-0.2, -0.15) is 8.78 Å². The van der Waals surface area contributed by atoms with E-state index < -0.39 is 17.9 Å². The van der Waals surface area contributed by atoms with E-state index in [1.165, 1.54) is 31.2 Å². The molecule has 1 atom stereocenters. The summed E-state index contributed by atoms with van der Waals surface area (Å²) in [5, 5.41) is 0. The summed E-state index contributed by atoms with van der Waals surface area (Å²) in [7, 11) is 0. The van der Waals surface area contributed by atoms with Crippen LogP contribution in [-0.2, 0) is 15.5 Å². The minimum absolute atomic E-state index is 0.0252. The van der Waals surface area contributed by atoms with Crippen LogP contribution in [0.2, 0.25) is 0 Å². The maximum absolute atomic E-state index is 13.7. The van der Waals surface area contributed by atoms with Crippen LogP contribution < -0.4 is 5.73 Å². The van der Waals surface area contributed by atoms with Gasteiger partial charge in [-0.05, 0) is 6.92 Å². The fourth-order valence-electron chi connectivity index (χ4n) is 1.22. The maximum atomic E-state index is 13.7. The zero-order valence-corrected chi connectivity index (χ0v) is 8.82. The highest BCUT2D eigenvalue weighted by Crippen LogP contribution is 2.30. The molecule has 0 aliphatic heterocycles. The van der Waals surface area contributed by atoms with Gasteiger partial charge < -0.3 is 10.5 Å². The van der Waals surface area contributed by atoms with E-state index in [2.05, 4.69) is 4.74 Å². The second-order valence-electron chi connectivity index (χ2n) is 3.22. The van der Waals surface area contributed by atoms with Gasteiger partial charge in [0.05, 0.1) is 6.61 Å². The van der Waals surface area contributed by atoms with Gasteiger partial charge in [0.1, 0.15) is 0 Å². The first-order chi connectivity index (χ1) is 7.50. The lowest BCUT2D eigenvalue weighted by atomic mass is 10.0. The van der Waals surface area contributed by atoms with Gasteiger partial charge in [-0.3, -0.25) is 4.79 Å². The quantitative estimate of drug-likeness (QED) is 0.799. The second-order valence-corrected chi connectivity index (χ2v) is 3.22. The van der Waals surface area contributed by atoms with E-state index in [0.717, 1.165) is 0 Å². The van der Waals surface area contributed by atoms with Gasteiger partial charge in [-0.25, -0.2) is 0 Å². The molecule has 0 heterocycles. The van der Waals surface area contributed by atoms with Crippen molar-refractivity contribution in [3.63, 3.8) is 0 Å². The summed E-state index contributed by atoms with van der Waals surface area (Å²) >= 11 is 0. The number of esters is 1. The van der Waals surface area contributed by atoms with E-state index in [1.807, 2.05) is 0 Å². The van der Waals surface area contributed by atoms with Crippen molar-refractivity contribution in [2.75, 3.05) is 6.61 Å². The molecular formula is C11H13F2NO2. The fraction of sp³-hybridized carbons (Fsp3) is 0.364. The molecule has 1 aromatic rings. The second kappa shape index (κ2) is 5.03. The number of ether oxygens (including phenoxy) is 1. The Morgan fingerprint density at radius 3 is 2.50 bits per heavy atom. The zero-order valence-electron chi connectivity index (χ0n) is 8.82. The van der Waals surface area contributed by atoms with Gasteiger partial charge in [-0.15, -0.1) is 0 Å². The predicted molar refractivity (Wildman–Crippen MR) is 54.9 cm³/mol. The Labute approximate surface area is 92.2 Å². The van der Waals surface area contributed by atoms with Crippen LogP contribution in [0.3, 0.4) is 0 Å². The summed E-state index contributed by atoms with van der Waals surface area (Å²) in [5.74, 6) is -4.52. The van der Waals surface area contributed by atoms with Crippen molar-refractivity contribution in [1.29, 1.82) is 0 Å². The summed E-state index contributed by atoms with van der Waals surface area (Å²) < 4.78 is 31.9. The molecule has 88 valence electrons. The van der Waals surface area contributed by atoms with Crippen LogP contribution in [0.4, 0.5) is 8.78 Å². The Hall–Kier alpha value is -1.49. The van der Waals surface area contributed by atoms with Gasteiger partial charge >= 0.3 is 5.97 Å². The fourth-order valence-corrected chi connectivity index (χ4v) is 1.22. The number of benzene rings is 1. The van der Waals surface area contributed by atoms with Crippen LogP contribution in [0, 0.1) is 0 Å². The molecule has 0 spiro atoms. The predicted octanol–water partition coefficient (Wildman–Crippen LogP) is 1.67. The minimum atomic E-state index is -3.42. The molecule has 3 nitrogen and oxygen atoms in total. The van der Waals surface area contributed by atoms with E-state index in [4.69, 9.17) is 5.73 Å². The molecule has 0 bridgehead atoms. The van der Waals surface area contributed by atoms with Gasteiger partial charge in [0.15, 0.2) is 6.04 Å². The summed E-state index contributed by atoms with van der Waals surface area (Å²) in [4.78, 5) is 11.1. The molecule has 0 saturated carbocycles. The van der Waals surface area contributed by atoms with Crippen molar-refractivity contribution >= 4 is 5.97 Å². The SMILES string of the molecule is CCOC(=O)[C@H](N)C(F)(F)c1ccccc1. The topological polar surface area (TPSA) is 52.3 Å². The molecule has 1 rings (SSSR count). The van der Waals surface area contributed by atoms with Gasteiger partial charge in [-0.1, -0.05) is 30.3 Å². The molecule has 0 saturated heterocycles. The summed E-state index contributed by atoms with van der Waals surface area (Å²) in [6, 6.07) is 4.99. The van der Waals surface area contributed by atoms with Crippen molar-refractivity contribution in [2.45, 2.75) is 18.9 Å². The lowest BCUT2D eigenvalue weighted by Crippen LogP contribution is -2.46. The van der Waals surface area contributed by atoms with Crippen LogP contribution in [-0.4, -0.2) is 18.6 Å². The maximum Gasteiger partial charge on any atom is 0.329 e. The van der Waals surface area contributed by atoms with E-state index in [-0.39, 0.29) is 12.2 Å². The van der Waals surface area contributed by atoms with Gasteiger partial charge in [0.2, 0.25) is 0 Å². The first kappa shape index (κ1) is 12.6. The van der Waals surface area contributed by atoms with E-state index in [9.17, 15) is 13.6 Å². The number of nitrogens with two attached hydrogens (primary N) is 1. The highest BCUT2D eigenvalue weighted by atomic mass is 19.3. The van der Waals surface area contributed by atoms with Crippen molar-refractivity contribution in [1.82, 2.24) is 0 Å². The molecule has 0 radical (unpaired) electrons. The van der Waals surface area contributed by atoms with Crippen LogP contribution in [0.5, 0.6) is 0 Å². The summed E-state index contributed by atoms with van der Waals surface area (Å²) in [6.07, 6.45) is 0. The molecule has 0 amide bonds. The van der Waals surface area contributed by atoms with E-state index >= 15 is 0 Å². The highest BCUT2D eigenvalue weighted by Gasteiger charge is 2.44. The Balaban J connectivity index is 2.89. The highest BCUT2D eigenvalue weighted by molar-refractivity contribution is 5.77. The lowest BCUT2D eigenvalue weighted by molar-refractivity contribution is -0.155. The third-order valence-electron chi connectivity index (χ3n) is 2.09. The van der Waals surface area contributed by atoms with E-state index in [0.29, 0.717) is 0 Å². The summed E-state index contributed by atoms with van der Waals surface area (Å²) in [5.41, 5.74) is 4.89. The molecular weight excluding hydrogens is 216 g/mol. The smallest absolute Gasteiger partial charge is 0.329 e. The third kappa shape index (κ3) is 2.55. The van der Waals surface area contributed by atoms with Crippen molar-refractivity contribution < 1.29 is 18.3 Å². The summed E-state index contributed by atoms with van der Waals surface area (Å²) in [6.45, 7) is 1.56. The molecule has 16 heavy (non-hydrogen) atoms. The van der Waals surface area contributed by atoms with Crippen molar-refractivity contribution in [3.8, 4) is 0 Å². The van der Waals surface area contributed by atoms with Crippen LogP contribution in [0.15, 0.2) is 30.3 Å². The average Bonchev–Trinajstić information content (AvgIpc) is 2.29. The molecule has 0 aromatic heterocycles. The largest absolute Gasteiger partial charge is 0.465 e. The Kier molecular flexibility index (Phi) is 3.95. The van der Waals surface area contributed by atoms with Crippen LogP contribution in [0.1, 0.15) is 12.5 Å². The average molecular weight is 229 g/mol. The Morgan fingerprint density at radius 2 is 2.00 bits per heavy atom. The van der Waals surface area contributed by atoms with Crippen LogP contribution >= 0.6 is 0 Å². The standard InChI is InChI=1S/C11H13F2NO2/c1-2-16-10(15)9(14)11(12,13)8-6-4-3-5-7-8/h3-7,9H,2,14H2,1H3/t9-/m0/s1. The monoisotopic (exact) mass is 229 g/mol. The number of rotatable bonds is 4. The Bertz CT molecular complexity index is 354. The number of carbonyl (C=O) groups is 1. The normalized spacial score (nSPS) is 13.2.